The Kier molecular flexibility index (Phi) is 3.52. The molecule has 0 radical (unpaired) electrons. The highest BCUT2D eigenvalue weighted by molar-refractivity contribution is 5.18. The first-order valence-electron chi connectivity index (χ1n) is 6.94. The minimum atomic E-state index is -0.365. The number of hydrogen-bond acceptors (Lipinski definition) is 5. The van der Waals surface area contributed by atoms with Crippen molar-refractivity contribution in [3.63, 3.8) is 0 Å². The molecule has 2 aliphatic rings. The van der Waals surface area contributed by atoms with Gasteiger partial charge in [0, 0.05) is 24.4 Å². The van der Waals surface area contributed by atoms with Crippen LogP contribution < -0.4 is 0 Å². The maximum absolute atomic E-state index is 9.57. The van der Waals surface area contributed by atoms with Crippen molar-refractivity contribution in [1.29, 1.82) is 0 Å². The lowest BCUT2D eigenvalue weighted by molar-refractivity contribution is -0.0885. The number of nitrogens with zero attached hydrogens (tertiary/aromatic N) is 3. The smallest absolute Gasteiger partial charge is 0.141 e. The number of ether oxygens (including phenoxy) is 1. The van der Waals surface area contributed by atoms with Gasteiger partial charge in [0.25, 0.3) is 0 Å². The van der Waals surface area contributed by atoms with Crippen molar-refractivity contribution < 1.29 is 9.84 Å². The van der Waals surface area contributed by atoms with Crippen molar-refractivity contribution in [2.24, 2.45) is 0 Å². The Balaban J connectivity index is 1.83. The molecule has 5 heteroatoms. The van der Waals surface area contributed by atoms with Crippen molar-refractivity contribution in [2.45, 2.75) is 24.2 Å². The van der Waals surface area contributed by atoms with Gasteiger partial charge >= 0.3 is 0 Å². The predicted octanol–water partition coefficient (Wildman–Crippen LogP) is 0.546. The Morgan fingerprint density at radius 2 is 2.37 bits per heavy atom. The third-order valence-electron chi connectivity index (χ3n) is 4.25. The highest BCUT2D eigenvalue weighted by Gasteiger charge is 2.43. The topological polar surface area (TPSA) is 58.5 Å². The fourth-order valence-corrected chi connectivity index (χ4v) is 2.90. The van der Waals surface area contributed by atoms with Crippen molar-refractivity contribution >= 4 is 0 Å². The van der Waals surface area contributed by atoms with Crippen LogP contribution in [0.15, 0.2) is 12.3 Å². The lowest BCUT2D eigenvalue weighted by Crippen LogP contribution is -2.51. The molecule has 19 heavy (non-hydrogen) atoms. The molecule has 0 saturated carbocycles. The van der Waals surface area contributed by atoms with Crippen LogP contribution in [0, 0.1) is 0 Å². The van der Waals surface area contributed by atoms with E-state index in [-0.39, 0.29) is 12.0 Å². The first-order valence-corrected chi connectivity index (χ1v) is 6.94. The number of hydrogen-bond donors (Lipinski definition) is 1. The molecule has 0 aromatic carbocycles. The molecule has 104 valence electrons. The predicted molar refractivity (Wildman–Crippen MR) is 71.1 cm³/mol. The van der Waals surface area contributed by atoms with Crippen LogP contribution in [0.2, 0.25) is 0 Å². The van der Waals surface area contributed by atoms with Crippen molar-refractivity contribution in [3.05, 3.63) is 23.8 Å². The second kappa shape index (κ2) is 5.15. The summed E-state index contributed by atoms with van der Waals surface area (Å²) in [5.41, 5.74) is 0.743. The van der Waals surface area contributed by atoms with Gasteiger partial charge in [0.2, 0.25) is 0 Å². The lowest BCUT2D eigenvalue weighted by atomic mass is 9.85. The summed E-state index contributed by atoms with van der Waals surface area (Å²) in [6.45, 7) is 3.33. The van der Waals surface area contributed by atoms with E-state index >= 15 is 0 Å². The van der Waals surface area contributed by atoms with E-state index in [0.717, 1.165) is 18.1 Å². The largest absolute Gasteiger partial charge is 0.395 e. The van der Waals surface area contributed by atoms with Crippen LogP contribution in [0.4, 0.5) is 0 Å². The van der Waals surface area contributed by atoms with Crippen LogP contribution in [0.25, 0.3) is 0 Å². The SMILES string of the molecule is CN1CCCC(c2ccnc(C3(CO)COC3)n2)C1. The number of likely N-dealkylation sites (tertiary alicyclic amines) is 1. The normalized spacial score (nSPS) is 26.9. The lowest BCUT2D eigenvalue weighted by Gasteiger charge is -2.38. The highest BCUT2D eigenvalue weighted by Crippen LogP contribution is 2.31. The molecule has 0 spiro atoms. The monoisotopic (exact) mass is 263 g/mol. The number of aliphatic hydroxyl groups is 1. The van der Waals surface area contributed by atoms with Crippen molar-refractivity contribution in [2.75, 3.05) is 40.0 Å². The zero-order valence-corrected chi connectivity index (χ0v) is 11.4. The molecule has 0 amide bonds. The summed E-state index contributed by atoms with van der Waals surface area (Å²) in [7, 11) is 2.16. The third kappa shape index (κ3) is 2.38. The minimum absolute atomic E-state index is 0.0566. The fraction of sp³-hybridized carbons (Fsp3) is 0.714. The first-order chi connectivity index (χ1) is 9.23. The zero-order valence-electron chi connectivity index (χ0n) is 11.4. The molecular formula is C14H21N3O2. The maximum atomic E-state index is 9.57. The second-order valence-corrected chi connectivity index (χ2v) is 5.84. The van der Waals surface area contributed by atoms with E-state index in [1.165, 1.54) is 19.4 Å². The molecule has 0 aliphatic carbocycles. The first kappa shape index (κ1) is 13.0. The van der Waals surface area contributed by atoms with Crippen LogP contribution in [0.3, 0.4) is 0 Å². The fourth-order valence-electron chi connectivity index (χ4n) is 2.90. The molecule has 2 saturated heterocycles. The van der Waals surface area contributed by atoms with E-state index in [1.807, 2.05) is 12.3 Å². The van der Waals surface area contributed by atoms with Crippen LogP contribution in [-0.2, 0) is 10.2 Å². The summed E-state index contributed by atoms with van der Waals surface area (Å²) in [6, 6.07) is 2.01. The Bertz CT molecular complexity index is 443. The minimum Gasteiger partial charge on any atom is -0.395 e. The molecular weight excluding hydrogens is 242 g/mol. The van der Waals surface area contributed by atoms with Crippen molar-refractivity contribution in [1.82, 2.24) is 14.9 Å². The van der Waals surface area contributed by atoms with Crippen LogP contribution >= 0.6 is 0 Å². The van der Waals surface area contributed by atoms with Gasteiger partial charge in [-0.2, -0.15) is 0 Å². The van der Waals surface area contributed by atoms with Gasteiger partial charge in [0.1, 0.15) is 5.82 Å². The van der Waals surface area contributed by atoms with Gasteiger partial charge in [0.15, 0.2) is 0 Å². The summed E-state index contributed by atoms with van der Waals surface area (Å²) in [4.78, 5) is 11.4. The van der Waals surface area contributed by atoms with E-state index in [2.05, 4.69) is 16.9 Å². The molecule has 1 aromatic heterocycles. The Morgan fingerprint density at radius 3 is 3.00 bits per heavy atom. The average molecular weight is 263 g/mol. The number of rotatable bonds is 3. The zero-order chi connectivity index (χ0) is 13.3. The number of piperidine rings is 1. The summed E-state index contributed by atoms with van der Waals surface area (Å²) >= 11 is 0. The summed E-state index contributed by atoms with van der Waals surface area (Å²) in [5.74, 6) is 1.23. The van der Waals surface area contributed by atoms with E-state index < -0.39 is 0 Å². The molecule has 3 heterocycles. The van der Waals surface area contributed by atoms with Crippen LogP contribution in [0.5, 0.6) is 0 Å². The number of aromatic nitrogens is 2. The summed E-state index contributed by atoms with van der Waals surface area (Å²) < 4.78 is 5.24. The number of aliphatic hydroxyl groups excluding tert-OH is 1. The maximum Gasteiger partial charge on any atom is 0.141 e. The van der Waals surface area contributed by atoms with E-state index in [4.69, 9.17) is 9.72 Å². The summed E-state index contributed by atoms with van der Waals surface area (Å²) in [6.07, 6.45) is 4.22. The van der Waals surface area contributed by atoms with Gasteiger partial charge in [-0.3, -0.25) is 0 Å². The van der Waals surface area contributed by atoms with Gasteiger partial charge < -0.3 is 14.7 Å². The van der Waals surface area contributed by atoms with E-state index in [9.17, 15) is 5.11 Å². The molecule has 5 nitrogen and oxygen atoms in total. The summed E-state index contributed by atoms with van der Waals surface area (Å²) in [5, 5.41) is 9.57. The highest BCUT2D eigenvalue weighted by atomic mass is 16.5. The second-order valence-electron chi connectivity index (χ2n) is 5.84. The Hall–Kier alpha value is -1.04. The van der Waals surface area contributed by atoms with Gasteiger partial charge in [-0.05, 0) is 32.5 Å². The quantitative estimate of drug-likeness (QED) is 0.863. The van der Waals surface area contributed by atoms with Gasteiger partial charge in [-0.1, -0.05) is 0 Å². The third-order valence-corrected chi connectivity index (χ3v) is 4.25. The Labute approximate surface area is 113 Å². The molecule has 2 aliphatic heterocycles. The van der Waals surface area contributed by atoms with Crippen LogP contribution in [0.1, 0.15) is 30.3 Å². The van der Waals surface area contributed by atoms with Gasteiger partial charge in [-0.25, -0.2) is 9.97 Å². The van der Waals surface area contributed by atoms with Gasteiger partial charge in [-0.15, -0.1) is 0 Å². The average Bonchev–Trinajstić information content (AvgIpc) is 2.39. The van der Waals surface area contributed by atoms with Gasteiger partial charge in [0.05, 0.1) is 25.2 Å². The Morgan fingerprint density at radius 1 is 1.53 bits per heavy atom. The standard InChI is InChI=1S/C14H21N3O2/c1-17-6-2-3-11(7-17)12-4-5-15-13(16-12)14(8-18)9-19-10-14/h4-5,11,18H,2-3,6-10H2,1H3. The molecule has 0 bridgehead atoms. The molecule has 2 fully saturated rings. The molecule has 1 N–H and O–H groups in total. The number of likely N-dealkylation sites (N-methyl/N-ethyl adjacent to an activating group) is 1. The van der Waals surface area contributed by atoms with Crippen LogP contribution in [-0.4, -0.2) is 59.9 Å². The van der Waals surface area contributed by atoms with E-state index in [0.29, 0.717) is 19.1 Å². The molecule has 1 unspecified atom stereocenters. The molecule has 1 atom stereocenters. The van der Waals surface area contributed by atoms with Crippen molar-refractivity contribution in [3.8, 4) is 0 Å². The van der Waals surface area contributed by atoms with E-state index in [1.54, 1.807) is 0 Å². The molecule has 3 rings (SSSR count). The molecule has 1 aromatic rings.